The van der Waals surface area contributed by atoms with E-state index in [2.05, 4.69) is 35.7 Å². The Kier molecular flexibility index (Phi) is 3.47. The first-order chi connectivity index (χ1) is 7.75. The fourth-order valence-electron chi connectivity index (χ4n) is 1.06. The largest absolute Gasteiger partial charge is 0.367 e. The van der Waals surface area contributed by atoms with Gasteiger partial charge >= 0.3 is 0 Å². The highest BCUT2D eigenvalue weighted by molar-refractivity contribution is 6.32. The molecule has 16 heavy (non-hydrogen) atoms. The average Bonchev–Trinajstić information content (AvgIpc) is 2.76. The Morgan fingerprint density at radius 3 is 2.94 bits per heavy atom. The Bertz CT molecular complexity index is 458. The number of aromatic amines is 1. The monoisotopic (exact) mass is 259 g/mol. The summed E-state index contributed by atoms with van der Waals surface area (Å²) in [5.74, 6) is 1.18. The molecule has 2 aromatic rings. The molecule has 0 bridgehead atoms. The minimum absolute atomic E-state index is 0.0477. The summed E-state index contributed by atoms with van der Waals surface area (Å²) in [7, 11) is 0. The number of H-pyrrole nitrogens is 1. The maximum Gasteiger partial charge on any atom is 0.245 e. The first kappa shape index (κ1) is 11.0. The molecule has 0 aliphatic rings. The zero-order valence-corrected chi connectivity index (χ0v) is 9.50. The molecule has 2 heterocycles. The number of hydrogen-bond donors (Lipinski definition) is 2. The smallest absolute Gasteiger partial charge is 0.245 e. The van der Waals surface area contributed by atoms with Crippen molar-refractivity contribution in [3.63, 3.8) is 0 Å². The second-order valence-electron chi connectivity index (χ2n) is 2.83. The Morgan fingerprint density at radius 2 is 2.19 bits per heavy atom. The molecule has 0 fully saturated rings. The Balaban J connectivity index is 1.92. The first-order valence-electron chi connectivity index (χ1n) is 4.39. The molecule has 0 aliphatic heterocycles. The van der Waals surface area contributed by atoms with Crippen molar-refractivity contribution in [2.24, 2.45) is 0 Å². The molecule has 0 radical (unpaired) electrons. The van der Waals surface area contributed by atoms with Gasteiger partial charge in [0.15, 0.2) is 11.0 Å². The highest BCUT2D eigenvalue weighted by atomic mass is 35.5. The zero-order chi connectivity index (χ0) is 11.4. The number of anilines is 1. The Morgan fingerprint density at radius 1 is 1.31 bits per heavy atom. The van der Waals surface area contributed by atoms with Gasteiger partial charge in [0.25, 0.3) is 0 Å². The number of hydrogen-bond acceptors (Lipinski definition) is 6. The lowest BCUT2D eigenvalue weighted by Crippen LogP contribution is -2.09. The highest BCUT2D eigenvalue weighted by Crippen LogP contribution is 2.15. The normalized spacial score (nSPS) is 10.4. The van der Waals surface area contributed by atoms with Gasteiger partial charge in [-0.2, -0.15) is 10.1 Å². The van der Waals surface area contributed by atoms with Crippen LogP contribution in [0.5, 0.6) is 0 Å². The second kappa shape index (κ2) is 5.04. The number of rotatable bonds is 4. The third kappa shape index (κ3) is 2.77. The van der Waals surface area contributed by atoms with Gasteiger partial charge in [-0.05, 0) is 11.6 Å². The van der Waals surface area contributed by atoms with Crippen LogP contribution in [-0.2, 0) is 6.42 Å². The molecule has 0 aliphatic carbocycles. The summed E-state index contributed by atoms with van der Waals surface area (Å²) < 4.78 is 0. The number of nitrogens with one attached hydrogen (secondary N) is 2. The molecular formula is C7H7Cl2N7. The third-order valence-electron chi connectivity index (χ3n) is 1.74. The maximum atomic E-state index is 5.76. The molecule has 0 saturated heterocycles. The van der Waals surface area contributed by atoms with Gasteiger partial charge in [-0.15, -0.1) is 10.2 Å². The molecule has 2 rings (SSSR count). The zero-order valence-electron chi connectivity index (χ0n) is 7.98. The van der Waals surface area contributed by atoms with Crippen LogP contribution in [0.25, 0.3) is 0 Å². The van der Waals surface area contributed by atoms with Crippen LogP contribution < -0.4 is 5.32 Å². The number of nitrogens with zero attached hydrogens (tertiary/aromatic N) is 5. The summed E-state index contributed by atoms with van der Waals surface area (Å²) in [6.07, 6.45) is 2.11. The van der Waals surface area contributed by atoms with Gasteiger partial charge in [-0.1, -0.05) is 11.6 Å². The predicted octanol–water partition coefficient (Wildman–Crippen LogP) is 0.951. The molecule has 7 nitrogen and oxygen atoms in total. The third-order valence-corrected chi connectivity index (χ3v) is 2.15. The topological polar surface area (TPSA) is 92.3 Å². The van der Waals surface area contributed by atoms with Crippen molar-refractivity contribution in [1.29, 1.82) is 0 Å². The van der Waals surface area contributed by atoms with Crippen LogP contribution in [0.1, 0.15) is 5.82 Å². The van der Waals surface area contributed by atoms with Gasteiger partial charge in [0, 0.05) is 13.0 Å². The number of aromatic nitrogens is 6. The fraction of sp³-hybridized carbons (Fsp3) is 0.286. The molecule has 9 heteroatoms. The minimum atomic E-state index is 0.0477. The first-order valence-corrected chi connectivity index (χ1v) is 5.15. The van der Waals surface area contributed by atoms with E-state index in [0.29, 0.717) is 18.8 Å². The minimum Gasteiger partial charge on any atom is -0.367 e. The van der Waals surface area contributed by atoms with E-state index in [0.717, 1.165) is 5.82 Å². The van der Waals surface area contributed by atoms with E-state index >= 15 is 0 Å². The van der Waals surface area contributed by atoms with Gasteiger partial charge in [0.05, 0.1) is 0 Å². The van der Waals surface area contributed by atoms with Crippen molar-refractivity contribution >= 4 is 29.0 Å². The molecule has 2 N–H and O–H groups in total. The second-order valence-corrected chi connectivity index (χ2v) is 3.53. The highest BCUT2D eigenvalue weighted by Gasteiger charge is 2.05. The van der Waals surface area contributed by atoms with Crippen LogP contribution in [-0.4, -0.2) is 36.9 Å². The van der Waals surface area contributed by atoms with Gasteiger partial charge < -0.3 is 5.32 Å². The lowest BCUT2D eigenvalue weighted by Gasteiger charge is -2.04. The van der Waals surface area contributed by atoms with E-state index in [4.69, 9.17) is 23.2 Å². The molecule has 0 aromatic carbocycles. The van der Waals surface area contributed by atoms with E-state index < -0.39 is 0 Å². The van der Waals surface area contributed by atoms with Gasteiger partial charge in [0.2, 0.25) is 5.28 Å². The van der Waals surface area contributed by atoms with E-state index in [9.17, 15) is 0 Å². The van der Waals surface area contributed by atoms with E-state index in [-0.39, 0.29) is 10.4 Å². The average molecular weight is 260 g/mol. The molecule has 0 saturated carbocycles. The fourth-order valence-corrected chi connectivity index (χ4v) is 1.33. The summed E-state index contributed by atoms with van der Waals surface area (Å²) in [6, 6.07) is 0. The summed E-state index contributed by atoms with van der Waals surface area (Å²) in [6.45, 7) is 0.587. The predicted molar refractivity (Wildman–Crippen MR) is 58.4 cm³/mol. The quantitative estimate of drug-likeness (QED) is 0.850. The van der Waals surface area contributed by atoms with Gasteiger partial charge in [0.1, 0.15) is 12.2 Å². The van der Waals surface area contributed by atoms with Crippen LogP contribution in [0.3, 0.4) is 0 Å². The molecule has 2 aromatic heterocycles. The van der Waals surface area contributed by atoms with Crippen LogP contribution in [0, 0.1) is 0 Å². The summed E-state index contributed by atoms with van der Waals surface area (Å²) in [5.41, 5.74) is 0. The van der Waals surface area contributed by atoms with Crippen LogP contribution in [0.15, 0.2) is 6.33 Å². The van der Waals surface area contributed by atoms with Crippen molar-refractivity contribution in [1.82, 2.24) is 30.4 Å². The molecule has 0 spiro atoms. The Labute approximate surface area is 101 Å². The molecule has 84 valence electrons. The van der Waals surface area contributed by atoms with Crippen molar-refractivity contribution in [3.05, 3.63) is 22.6 Å². The standard InChI is InChI=1S/C7H7Cl2N7/c8-5-6(13-7(9)16-15-5)10-2-1-4-11-3-12-14-4/h3H,1-2H2,(H,10,13,16)(H,11,12,14). The van der Waals surface area contributed by atoms with E-state index in [1.165, 1.54) is 6.33 Å². The van der Waals surface area contributed by atoms with Crippen molar-refractivity contribution in [3.8, 4) is 0 Å². The molecular weight excluding hydrogens is 253 g/mol. The van der Waals surface area contributed by atoms with E-state index in [1.807, 2.05) is 0 Å². The number of halogens is 2. The SMILES string of the molecule is Clc1nnc(Cl)c(NCCc2ncn[nH]2)n1. The molecule has 0 atom stereocenters. The maximum absolute atomic E-state index is 5.76. The summed E-state index contributed by atoms with van der Waals surface area (Å²) in [4.78, 5) is 7.87. The van der Waals surface area contributed by atoms with Crippen molar-refractivity contribution in [2.45, 2.75) is 6.42 Å². The van der Waals surface area contributed by atoms with Crippen molar-refractivity contribution in [2.75, 3.05) is 11.9 Å². The van der Waals surface area contributed by atoms with Crippen LogP contribution >= 0.6 is 23.2 Å². The summed E-state index contributed by atoms with van der Waals surface area (Å²) >= 11 is 11.3. The van der Waals surface area contributed by atoms with Gasteiger partial charge in [-0.3, -0.25) is 5.10 Å². The van der Waals surface area contributed by atoms with Crippen molar-refractivity contribution < 1.29 is 0 Å². The van der Waals surface area contributed by atoms with Crippen LogP contribution in [0.2, 0.25) is 10.4 Å². The summed E-state index contributed by atoms with van der Waals surface area (Å²) in [5, 5.41) is 16.8. The lowest BCUT2D eigenvalue weighted by atomic mass is 10.4. The van der Waals surface area contributed by atoms with E-state index in [1.54, 1.807) is 0 Å². The molecule has 0 amide bonds. The van der Waals surface area contributed by atoms with Crippen LogP contribution in [0.4, 0.5) is 5.82 Å². The Hall–Kier alpha value is -1.47. The van der Waals surface area contributed by atoms with Gasteiger partial charge in [-0.25, -0.2) is 4.98 Å². The lowest BCUT2D eigenvalue weighted by molar-refractivity contribution is 0.888. The molecule has 0 unspecified atom stereocenters.